The lowest BCUT2D eigenvalue weighted by atomic mass is 10.0. The Balaban J connectivity index is 4.24. The van der Waals surface area contributed by atoms with Gasteiger partial charge in [0.05, 0.1) is 0 Å². The Bertz CT molecular complexity index is 1370. The van der Waals surface area contributed by atoms with E-state index in [2.05, 4.69) is 57.2 Å². The highest BCUT2D eigenvalue weighted by Crippen LogP contribution is 2.19. The Labute approximate surface area is 512 Å². The maximum atomic E-state index is 13.0. The van der Waals surface area contributed by atoms with Crippen LogP contribution in [0.5, 0.6) is 0 Å². The minimum absolute atomic E-state index is 0.0668. The third-order valence-electron chi connectivity index (χ3n) is 16.9. The largest absolute Gasteiger partial charge is 0.462 e. The first-order valence-corrected chi connectivity index (χ1v) is 37.0. The first kappa shape index (κ1) is 79.6. The monoisotopic (exact) mass is 1150 g/mol. The van der Waals surface area contributed by atoms with Gasteiger partial charge in [-0.05, 0) is 57.8 Å². The van der Waals surface area contributed by atoms with Gasteiger partial charge in [0.1, 0.15) is 13.2 Å². The number of carbonyl (C=O) groups excluding carboxylic acids is 3. The highest BCUT2D eigenvalue weighted by atomic mass is 16.6. The summed E-state index contributed by atoms with van der Waals surface area (Å²) in [5.41, 5.74) is 0. The van der Waals surface area contributed by atoms with Crippen molar-refractivity contribution in [1.29, 1.82) is 0 Å². The standard InChI is InChI=1S/C76H142O6/c1-4-7-10-13-16-19-22-25-28-30-32-34-36-38-40-42-44-46-48-51-54-57-60-63-66-69-75(78)81-72-73(71-80-74(77)68-65-62-59-56-53-50-27-24-21-18-15-12-9-6-3)82-76(79)70-67-64-61-58-55-52-49-47-45-43-41-39-37-35-33-31-29-26-23-20-17-14-11-8-5-2/h22,25,30,32,36,38,73H,4-21,23-24,26-29,31,33-35,37,39-72H2,1-3H3/b25-22-,32-30-,38-36-. The van der Waals surface area contributed by atoms with E-state index in [0.717, 1.165) is 70.6 Å². The molecule has 0 aromatic rings. The normalized spacial score (nSPS) is 12.2. The van der Waals surface area contributed by atoms with Crippen LogP contribution in [0, 0.1) is 0 Å². The highest BCUT2D eigenvalue weighted by Gasteiger charge is 2.20. The summed E-state index contributed by atoms with van der Waals surface area (Å²) in [7, 11) is 0. The molecule has 0 saturated carbocycles. The molecule has 6 heteroatoms. The zero-order chi connectivity index (χ0) is 59.2. The average molecular weight is 1150 g/mol. The van der Waals surface area contributed by atoms with Crippen LogP contribution >= 0.6 is 0 Å². The van der Waals surface area contributed by atoms with E-state index in [4.69, 9.17) is 14.2 Å². The first-order chi connectivity index (χ1) is 40.5. The van der Waals surface area contributed by atoms with Crippen molar-refractivity contribution in [1.82, 2.24) is 0 Å². The van der Waals surface area contributed by atoms with Crippen molar-refractivity contribution in [2.45, 2.75) is 419 Å². The molecule has 0 aliphatic carbocycles. The van der Waals surface area contributed by atoms with Crippen molar-refractivity contribution < 1.29 is 28.6 Å². The molecule has 1 unspecified atom stereocenters. The van der Waals surface area contributed by atoms with Gasteiger partial charge < -0.3 is 14.2 Å². The smallest absolute Gasteiger partial charge is 0.306 e. The number of hydrogen-bond acceptors (Lipinski definition) is 6. The summed E-state index contributed by atoms with van der Waals surface area (Å²) in [4.78, 5) is 38.5. The zero-order valence-corrected chi connectivity index (χ0v) is 55.5. The molecule has 0 radical (unpaired) electrons. The molecule has 0 heterocycles. The van der Waals surface area contributed by atoms with Gasteiger partial charge in [0, 0.05) is 19.3 Å². The Hall–Kier alpha value is -2.37. The molecule has 0 rings (SSSR count). The van der Waals surface area contributed by atoms with E-state index >= 15 is 0 Å². The second kappa shape index (κ2) is 71.1. The SMILES string of the molecule is CCCCCCC/C=C\C/C=C\C/C=C\CCCCCCCCCCCCC(=O)OCC(COC(=O)CCCCCCCCCCCCCCCC)OC(=O)CCCCCCCCCCCCCCCCCCCCCCCCCCC. The fourth-order valence-electron chi connectivity index (χ4n) is 11.3. The Morgan fingerprint density at radius 2 is 0.439 bits per heavy atom. The number of hydrogen-bond donors (Lipinski definition) is 0. The molecule has 0 aliphatic rings. The quantitative estimate of drug-likeness (QED) is 0.0261. The van der Waals surface area contributed by atoms with E-state index in [0.29, 0.717) is 19.3 Å². The van der Waals surface area contributed by atoms with Crippen LogP contribution in [-0.4, -0.2) is 37.2 Å². The topological polar surface area (TPSA) is 78.9 Å². The van der Waals surface area contributed by atoms with Gasteiger partial charge in [-0.3, -0.25) is 14.4 Å². The molecule has 82 heavy (non-hydrogen) atoms. The number of rotatable bonds is 69. The first-order valence-electron chi connectivity index (χ1n) is 37.0. The second-order valence-corrected chi connectivity index (χ2v) is 25.2. The second-order valence-electron chi connectivity index (χ2n) is 25.2. The molecular weight excluding hydrogens is 1010 g/mol. The number of ether oxygens (including phenoxy) is 3. The van der Waals surface area contributed by atoms with Crippen LogP contribution in [-0.2, 0) is 28.6 Å². The Morgan fingerprint density at radius 3 is 0.683 bits per heavy atom. The van der Waals surface area contributed by atoms with Crippen LogP contribution in [0.2, 0.25) is 0 Å². The maximum absolute atomic E-state index is 13.0. The summed E-state index contributed by atoms with van der Waals surface area (Å²) in [5, 5.41) is 0. The lowest BCUT2D eigenvalue weighted by Crippen LogP contribution is -2.30. The predicted molar refractivity (Wildman–Crippen MR) is 358 cm³/mol. The number of carbonyl (C=O) groups is 3. The van der Waals surface area contributed by atoms with E-state index in [1.165, 1.54) is 302 Å². The fourth-order valence-corrected chi connectivity index (χ4v) is 11.3. The van der Waals surface area contributed by atoms with Crippen LogP contribution < -0.4 is 0 Å². The fraction of sp³-hybridized carbons (Fsp3) is 0.882. The molecule has 0 spiro atoms. The lowest BCUT2D eigenvalue weighted by Gasteiger charge is -2.18. The van der Waals surface area contributed by atoms with Gasteiger partial charge in [0.15, 0.2) is 6.10 Å². The molecule has 0 fully saturated rings. The summed E-state index contributed by atoms with van der Waals surface area (Å²) >= 11 is 0. The molecule has 6 nitrogen and oxygen atoms in total. The number of unbranched alkanes of at least 4 members (excludes halogenated alkanes) is 52. The van der Waals surface area contributed by atoms with Crippen LogP contribution in [0.4, 0.5) is 0 Å². The van der Waals surface area contributed by atoms with Crippen molar-refractivity contribution in [3.63, 3.8) is 0 Å². The zero-order valence-electron chi connectivity index (χ0n) is 55.5. The Morgan fingerprint density at radius 1 is 0.244 bits per heavy atom. The minimum atomic E-state index is -0.771. The van der Waals surface area contributed by atoms with Crippen molar-refractivity contribution in [2.24, 2.45) is 0 Å². The summed E-state index contributed by atoms with van der Waals surface area (Å²) < 4.78 is 17.0. The van der Waals surface area contributed by atoms with Gasteiger partial charge in [-0.15, -0.1) is 0 Å². The molecule has 0 aliphatic heterocycles. The van der Waals surface area contributed by atoms with Crippen LogP contribution in [0.25, 0.3) is 0 Å². The van der Waals surface area contributed by atoms with E-state index in [9.17, 15) is 14.4 Å². The van der Waals surface area contributed by atoms with E-state index in [1.807, 2.05) is 0 Å². The molecule has 0 bridgehead atoms. The van der Waals surface area contributed by atoms with Crippen molar-refractivity contribution >= 4 is 17.9 Å². The minimum Gasteiger partial charge on any atom is -0.462 e. The van der Waals surface area contributed by atoms with Gasteiger partial charge in [0.2, 0.25) is 0 Å². The summed E-state index contributed by atoms with van der Waals surface area (Å²) in [6, 6.07) is 0. The third-order valence-corrected chi connectivity index (χ3v) is 16.9. The summed E-state index contributed by atoms with van der Waals surface area (Å²) in [6.45, 7) is 6.71. The van der Waals surface area contributed by atoms with Gasteiger partial charge in [-0.1, -0.05) is 372 Å². The molecule has 482 valence electrons. The molecule has 0 saturated heterocycles. The third kappa shape index (κ3) is 68.4. The molecule has 0 aromatic carbocycles. The van der Waals surface area contributed by atoms with Crippen LogP contribution in [0.3, 0.4) is 0 Å². The maximum Gasteiger partial charge on any atom is 0.306 e. The van der Waals surface area contributed by atoms with Crippen molar-refractivity contribution in [3.05, 3.63) is 36.5 Å². The van der Waals surface area contributed by atoms with Crippen molar-refractivity contribution in [3.8, 4) is 0 Å². The predicted octanol–water partition coefficient (Wildman–Crippen LogP) is 25.5. The molecule has 0 N–H and O–H groups in total. The van der Waals surface area contributed by atoms with E-state index < -0.39 is 6.10 Å². The highest BCUT2D eigenvalue weighted by molar-refractivity contribution is 5.71. The summed E-state index contributed by atoms with van der Waals surface area (Å²) in [5.74, 6) is -0.838. The van der Waals surface area contributed by atoms with Gasteiger partial charge in [0.25, 0.3) is 0 Å². The van der Waals surface area contributed by atoms with Gasteiger partial charge in [-0.2, -0.15) is 0 Å². The molecular formula is C76H142O6. The van der Waals surface area contributed by atoms with Gasteiger partial charge in [-0.25, -0.2) is 0 Å². The number of esters is 3. The molecule has 1 atom stereocenters. The average Bonchev–Trinajstić information content (AvgIpc) is 3.47. The van der Waals surface area contributed by atoms with E-state index in [1.54, 1.807) is 0 Å². The Kier molecular flexibility index (Phi) is 69.1. The van der Waals surface area contributed by atoms with Gasteiger partial charge >= 0.3 is 17.9 Å². The van der Waals surface area contributed by atoms with Crippen LogP contribution in [0.1, 0.15) is 412 Å². The van der Waals surface area contributed by atoms with Crippen LogP contribution in [0.15, 0.2) is 36.5 Å². The lowest BCUT2D eigenvalue weighted by molar-refractivity contribution is -0.167. The number of allylic oxidation sites excluding steroid dienone is 6. The van der Waals surface area contributed by atoms with E-state index in [-0.39, 0.29) is 31.1 Å². The molecule has 0 amide bonds. The van der Waals surface area contributed by atoms with Crippen molar-refractivity contribution in [2.75, 3.05) is 13.2 Å². The summed E-state index contributed by atoms with van der Waals surface area (Å²) in [6.07, 6.45) is 88.9. The molecule has 0 aromatic heterocycles.